The summed E-state index contributed by atoms with van der Waals surface area (Å²) < 4.78 is 17.8. The molecule has 0 heterocycles. The third kappa shape index (κ3) is 3.19. The molecule has 2 aromatic carbocycles. The summed E-state index contributed by atoms with van der Waals surface area (Å²) in [4.78, 5) is 0. The van der Waals surface area contributed by atoms with E-state index in [2.05, 4.69) is 5.32 Å². The third-order valence-corrected chi connectivity index (χ3v) is 2.97. The van der Waals surface area contributed by atoms with E-state index in [-0.39, 0.29) is 18.2 Å². The fraction of sp³-hybridized carbons (Fsp3) is 0.200. The van der Waals surface area contributed by atoms with Gasteiger partial charge in [0.1, 0.15) is 5.82 Å². The quantitative estimate of drug-likeness (QED) is 0.786. The molecule has 0 saturated heterocycles. The molecule has 2 rings (SSSR count). The number of ether oxygens (including phenoxy) is 1. The van der Waals surface area contributed by atoms with Crippen molar-refractivity contribution in [3.05, 3.63) is 53.8 Å². The average Bonchev–Trinajstić information content (AvgIpc) is 2.46. The number of hydrogen-bond donors (Lipinski definition) is 3. The van der Waals surface area contributed by atoms with Crippen molar-refractivity contribution in [1.82, 2.24) is 0 Å². The van der Waals surface area contributed by atoms with Gasteiger partial charge in [0, 0.05) is 5.69 Å². The monoisotopic (exact) mass is 277 g/mol. The fourth-order valence-corrected chi connectivity index (χ4v) is 1.91. The van der Waals surface area contributed by atoms with E-state index in [4.69, 9.17) is 4.74 Å². The van der Waals surface area contributed by atoms with Crippen molar-refractivity contribution in [2.45, 2.75) is 6.04 Å². The average molecular weight is 277 g/mol. The number of aliphatic hydroxyl groups excluding tert-OH is 1. The maximum Gasteiger partial charge on any atom is 0.160 e. The highest BCUT2D eigenvalue weighted by molar-refractivity contribution is 5.48. The van der Waals surface area contributed by atoms with Gasteiger partial charge in [0.15, 0.2) is 11.5 Å². The van der Waals surface area contributed by atoms with Crippen LogP contribution in [0.2, 0.25) is 0 Å². The van der Waals surface area contributed by atoms with Crippen LogP contribution in [0.15, 0.2) is 42.5 Å². The molecule has 0 fully saturated rings. The molecule has 0 saturated carbocycles. The predicted molar refractivity (Wildman–Crippen MR) is 74.5 cm³/mol. The third-order valence-electron chi connectivity index (χ3n) is 2.97. The summed E-state index contributed by atoms with van der Waals surface area (Å²) in [5.74, 6) is 0.0507. The first-order valence-corrected chi connectivity index (χ1v) is 6.14. The summed E-state index contributed by atoms with van der Waals surface area (Å²) >= 11 is 0. The smallest absolute Gasteiger partial charge is 0.160 e. The van der Waals surface area contributed by atoms with E-state index in [1.54, 1.807) is 24.3 Å². The number of nitrogens with one attached hydrogen (secondary N) is 1. The second-order valence-corrected chi connectivity index (χ2v) is 4.32. The molecule has 20 heavy (non-hydrogen) atoms. The van der Waals surface area contributed by atoms with E-state index in [1.165, 1.54) is 25.3 Å². The van der Waals surface area contributed by atoms with Crippen LogP contribution in [0.25, 0.3) is 0 Å². The number of benzene rings is 2. The molecule has 0 spiro atoms. The Morgan fingerprint density at radius 1 is 1.20 bits per heavy atom. The van der Waals surface area contributed by atoms with Crippen LogP contribution < -0.4 is 10.1 Å². The Hall–Kier alpha value is -2.27. The van der Waals surface area contributed by atoms with Gasteiger partial charge in [0.05, 0.1) is 19.8 Å². The number of rotatable bonds is 5. The van der Waals surface area contributed by atoms with Crippen molar-refractivity contribution in [2.24, 2.45) is 0 Å². The second kappa shape index (κ2) is 6.25. The van der Waals surface area contributed by atoms with Crippen molar-refractivity contribution in [2.75, 3.05) is 19.0 Å². The molecule has 0 aromatic heterocycles. The van der Waals surface area contributed by atoms with Crippen LogP contribution in [0.5, 0.6) is 11.5 Å². The van der Waals surface area contributed by atoms with Crippen molar-refractivity contribution >= 4 is 5.69 Å². The van der Waals surface area contributed by atoms with E-state index in [1.807, 2.05) is 0 Å². The van der Waals surface area contributed by atoms with Crippen molar-refractivity contribution in [3.8, 4) is 11.5 Å². The van der Waals surface area contributed by atoms with Crippen LogP contribution in [0.1, 0.15) is 11.6 Å². The maximum atomic E-state index is 12.8. The van der Waals surface area contributed by atoms with Gasteiger partial charge in [-0.3, -0.25) is 0 Å². The first kappa shape index (κ1) is 14.1. The van der Waals surface area contributed by atoms with Gasteiger partial charge in [0.2, 0.25) is 0 Å². The van der Waals surface area contributed by atoms with Gasteiger partial charge in [-0.15, -0.1) is 0 Å². The first-order valence-electron chi connectivity index (χ1n) is 6.14. The summed E-state index contributed by atoms with van der Waals surface area (Å²) in [6, 6.07) is 10.3. The Morgan fingerprint density at radius 2 is 1.90 bits per heavy atom. The molecule has 0 amide bonds. The zero-order valence-electron chi connectivity index (χ0n) is 11.0. The first-order chi connectivity index (χ1) is 9.63. The highest BCUT2D eigenvalue weighted by Crippen LogP contribution is 2.30. The lowest BCUT2D eigenvalue weighted by atomic mass is 10.1. The van der Waals surface area contributed by atoms with E-state index in [0.717, 1.165) is 0 Å². The number of phenols is 1. The molecule has 0 aliphatic carbocycles. The van der Waals surface area contributed by atoms with Crippen LogP contribution >= 0.6 is 0 Å². The van der Waals surface area contributed by atoms with Crippen molar-refractivity contribution in [3.63, 3.8) is 0 Å². The number of hydrogen-bond acceptors (Lipinski definition) is 4. The van der Waals surface area contributed by atoms with Gasteiger partial charge >= 0.3 is 0 Å². The molecule has 4 nitrogen and oxygen atoms in total. The molecule has 0 radical (unpaired) electrons. The summed E-state index contributed by atoms with van der Waals surface area (Å²) in [7, 11) is 1.47. The van der Waals surface area contributed by atoms with Gasteiger partial charge in [-0.1, -0.05) is 6.07 Å². The van der Waals surface area contributed by atoms with Crippen LogP contribution in [0.3, 0.4) is 0 Å². The minimum Gasteiger partial charge on any atom is -0.504 e. The Balaban J connectivity index is 2.19. The van der Waals surface area contributed by atoms with Crippen LogP contribution in [-0.2, 0) is 0 Å². The standard InChI is InChI=1S/C15H16FNO3/c1-20-15-7-2-10(8-14(15)19)13(9-18)17-12-5-3-11(16)4-6-12/h2-8,13,17-19H,9H2,1H3. The number of methoxy groups -OCH3 is 1. The molecule has 2 aromatic rings. The van der Waals surface area contributed by atoms with Gasteiger partial charge in [-0.25, -0.2) is 4.39 Å². The van der Waals surface area contributed by atoms with Gasteiger partial charge in [-0.2, -0.15) is 0 Å². The lowest BCUT2D eigenvalue weighted by molar-refractivity contribution is 0.276. The zero-order chi connectivity index (χ0) is 14.5. The highest BCUT2D eigenvalue weighted by atomic mass is 19.1. The number of anilines is 1. The summed E-state index contributed by atoms with van der Waals surface area (Å²) in [6.07, 6.45) is 0. The Bertz CT molecular complexity index is 572. The Kier molecular flexibility index (Phi) is 4.42. The van der Waals surface area contributed by atoms with Gasteiger partial charge in [-0.05, 0) is 42.0 Å². The SMILES string of the molecule is COc1ccc(C(CO)Nc2ccc(F)cc2)cc1O. The summed E-state index contributed by atoms with van der Waals surface area (Å²) in [6.45, 7) is -0.164. The molecule has 1 atom stereocenters. The van der Waals surface area contributed by atoms with Crippen molar-refractivity contribution in [1.29, 1.82) is 0 Å². The van der Waals surface area contributed by atoms with Crippen LogP contribution in [-0.4, -0.2) is 23.9 Å². The number of halogens is 1. The molecule has 0 aliphatic rings. The van der Waals surface area contributed by atoms with Gasteiger partial charge < -0.3 is 20.3 Å². The summed E-state index contributed by atoms with van der Waals surface area (Å²) in [5, 5.41) is 22.3. The zero-order valence-corrected chi connectivity index (χ0v) is 11.0. The summed E-state index contributed by atoms with van der Waals surface area (Å²) in [5.41, 5.74) is 1.39. The minimum atomic E-state index is -0.405. The lowest BCUT2D eigenvalue weighted by Gasteiger charge is -2.19. The molecule has 3 N–H and O–H groups in total. The highest BCUT2D eigenvalue weighted by Gasteiger charge is 2.13. The predicted octanol–water partition coefficient (Wildman–Crippen LogP) is 2.69. The molecular formula is C15H16FNO3. The lowest BCUT2D eigenvalue weighted by Crippen LogP contribution is -2.14. The largest absolute Gasteiger partial charge is 0.504 e. The molecule has 1 unspecified atom stereocenters. The maximum absolute atomic E-state index is 12.8. The van der Waals surface area contributed by atoms with Gasteiger partial charge in [0.25, 0.3) is 0 Å². The van der Waals surface area contributed by atoms with Crippen LogP contribution in [0.4, 0.5) is 10.1 Å². The van der Waals surface area contributed by atoms with E-state index >= 15 is 0 Å². The molecule has 5 heteroatoms. The fourth-order valence-electron chi connectivity index (χ4n) is 1.91. The van der Waals surface area contributed by atoms with Crippen molar-refractivity contribution < 1.29 is 19.3 Å². The topological polar surface area (TPSA) is 61.7 Å². The Morgan fingerprint density at radius 3 is 2.45 bits per heavy atom. The molecule has 0 aliphatic heterocycles. The number of aliphatic hydroxyl groups is 1. The Labute approximate surface area is 116 Å². The number of phenolic OH excluding ortho intramolecular Hbond substituents is 1. The molecule has 0 bridgehead atoms. The second-order valence-electron chi connectivity index (χ2n) is 4.32. The van der Waals surface area contributed by atoms with E-state index in [9.17, 15) is 14.6 Å². The number of aromatic hydroxyl groups is 1. The molecular weight excluding hydrogens is 261 g/mol. The van der Waals surface area contributed by atoms with Crippen LogP contribution in [0, 0.1) is 5.82 Å². The minimum absolute atomic E-state index is 0.00403. The normalized spacial score (nSPS) is 11.9. The molecule has 106 valence electrons. The van der Waals surface area contributed by atoms with E-state index < -0.39 is 6.04 Å². The van der Waals surface area contributed by atoms with E-state index in [0.29, 0.717) is 17.0 Å².